The SMILES string of the molecule is CN1C=C(C(N)=O)C(C(F)F)N1c1ccccc1C1CC1C1CC1. The molecule has 1 aliphatic heterocycles. The van der Waals surface area contributed by atoms with E-state index >= 15 is 0 Å². The molecule has 1 amide bonds. The number of carbonyl (C=O) groups is 1. The molecule has 0 radical (unpaired) electrons. The molecule has 2 aliphatic carbocycles. The summed E-state index contributed by atoms with van der Waals surface area (Å²) in [6.07, 6.45) is 2.44. The van der Waals surface area contributed by atoms with Gasteiger partial charge in [-0.1, -0.05) is 18.2 Å². The Morgan fingerprint density at radius 1 is 1.29 bits per heavy atom. The Hall–Kier alpha value is -2.11. The van der Waals surface area contributed by atoms with Gasteiger partial charge in [-0.3, -0.25) is 14.8 Å². The maximum absolute atomic E-state index is 13.7. The molecule has 1 aromatic carbocycles. The number of halogens is 2. The van der Waals surface area contributed by atoms with Crippen molar-refractivity contribution < 1.29 is 13.6 Å². The van der Waals surface area contributed by atoms with Gasteiger partial charge in [-0.25, -0.2) is 8.78 Å². The first-order valence-electron chi connectivity index (χ1n) is 8.39. The summed E-state index contributed by atoms with van der Waals surface area (Å²) in [4.78, 5) is 11.6. The van der Waals surface area contributed by atoms with Crippen molar-refractivity contribution in [1.29, 1.82) is 0 Å². The molecule has 3 aliphatic rings. The minimum Gasteiger partial charge on any atom is -0.366 e. The Balaban J connectivity index is 1.69. The first-order valence-corrected chi connectivity index (χ1v) is 8.39. The van der Waals surface area contributed by atoms with Gasteiger partial charge < -0.3 is 5.73 Å². The Kier molecular flexibility index (Phi) is 3.51. The minimum atomic E-state index is -2.69. The van der Waals surface area contributed by atoms with E-state index in [9.17, 15) is 13.6 Å². The topological polar surface area (TPSA) is 49.6 Å². The molecule has 3 unspecified atom stereocenters. The Morgan fingerprint density at radius 3 is 2.62 bits per heavy atom. The van der Waals surface area contributed by atoms with Gasteiger partial charge in [0.15, 0.2) is 0 Å². The standard InChI is InChI=1S/C18H21F2N3O/c1-22-9-14(18(21)24)16(17(19)20)23(22)15-5-3-2-4-11(15)13-8-12(13)10-6-7-10/h2-5,9-10,12-13,16-17H,6-8H2,1H3,(H2,21,24). The minimum absolute atomic E-state index is 0.0446. The molecule has 0 aromatic heterocycles. The van der Waals surface area contributed by atoms with E-state index in [0.29, 0.717) is 11.8 Å². The highest BCUT2D eigenvalue weighted by Gasteiger charge is 2.50. The summed E-state index contributed by atoms with van der Waals surface area (Å²) in [5.74, 6) is 1.14. The summed E-state index contributed by atoms with van der Waals surface area (Å²) in [5, 5.41) is 3.08. The van der Waals surface area contributed by atoms with Crippen molar-refractivity contribution in [3.8, 4) is 0 Å². The summed E-state index contributed by atoms with van der Waals surface area (Å²) in [6, 6.07) is 6.37. The van der Waals surface area contributed by atoms with Crippen LogP contribution in [0.1, 0.15) is 30.7 Å². The molecule has 24 heavy (non-hydrogen) atoms. The second-order valence-corrected chi connectivity index (χ2v) is 7.05. The number of hydrazine groups is 1. The average molecular weight is 333 g/mol. The molecular formula is C18H21F2N3O. The number of rotatable bonds is 5. The van der Waals surface area contributed by atoms with Gasteiger partial charge in [-0.15, -0.1) is 0 Å². The van der Waals surface area contributed by atoms with E-state index in [4.69, 9.17) is 5.73 Å². The van der Waals surface area contributed by atoms with E-state index in [-0.39, 0.29) is 5.57 Å². The van der Waals surface area contributed by atoms with Crippen molar-refractivity contribution in [1.82, 2.24) is 5.01 Å². The first kappa shape index (κ1) is 15.4. The summed E-state index contributed by atoms with van der Waals surface area (Å²) >= 11 is 0. The molecule has 1 heterocycles. The summed E-state index contributed by atoms with van der Waals surface area (Å²) in [7, 11) is 1.67. The van der Waals surface area contributed by atoms with Crippen LogP contribution in [0.25, 0.3) is 0 Å². The van der Waals surface area contributed by atoms with Crippen LogP contribution in [0.5, 0.6) is 0 Å². The van der Waals surface area contributed by atoms with Gasteiger partial charge in [0, 0.05) is 13.2 Å². The van der Waals surface area contributed by atoms with E-state index in [1.807, 2.05) is 24.3 Å². The molecule has 0 spiro atoms. The highest BCUT2D eigenvalue weighted by molar-refractivity contribution is 5.94. The number of para-hydroxylation sites is 1. The molecule has 4 nitrogen and oxygen atoms in total. The fourth-order valence-corrected chi connectivity index (χ4v) is 4.07. The van der Waals surface area contributed by atoms with Crippen LogP contribution in [0.3, 0.4) is 0 Å². The predicted octanol–water partition coefficient (Wildman–Crippen LogP) is 2.87. The van der Waals surface area contributed by atoms with E-state index < -0.39 is 18.4 Å². The van der Waals surface area contributed by atoms with Crippen molar-refractivity contribution in [3.05, 3.63) is 41.6 Å². The van der Waals surface area contributed by atoms with Crippen LogP contribution < -0.4 is 10.7 Å². The Labute approximate surface area is 139 Å². The van der Waals surface area contributed by atoms with Crippen LogP contribution in [-0.2, 0) is 4.79 Å². The number of nitrogens with zero attached hydrogens (tertiary/aromatic N) is 2. The third-order valence-corrected chi connectivity index (χ3v) is 5.42. The van der Waals surface area contributed by atoms with Crippen molar-refractivity contribution >= 4 is 11.6 Å². The second-order valence-electron chi connectivity index (χ2n) is 7.05. The van der Waals surface area contributed by atoms with Crippen LogP contribution in [0, 0.1) is 11.8 Å². The van der Waals surface area contributed by atoms with Gasteiger partial charge in [0.1, 0.15) is 6.04 Å². The lowest BCUT2D eigenvalue weighted by Gasteiger charge is -2.34. The smallest absolute Gasteiger partial charge is 0.265 e. The third kappa shape index (κ3) is 2.44. The molecule has 2 saturated carbocycles. The molecular weight excluding hydrogens is 312 g/mol. The largest absolute Gasteiger partial charge is 0.366 e. The van der Waals surface area contributed by atoms with E-state index in [1.54, 1.807) is 12.1 Å². The summed E-state index contributed by atoms with van der Waals surface area (Å²) < 4.78 is 27.4. The lowest BCUT2D eigenvalue weighted by atomic mass is 10.0. The monoisotopic (exact) mass is 333 g/mol. The van der Waals surface area contributed by atoms with Crippen molar-refractivity contribution in [2.45, 2.75) is 37.6 Å². The second kappa shape index (κ2) is 5.46. The molecule has 4 rings (SSSR count). The number of benzene rings is 1. The molecule has 1 aromatic rings. The summed E-state index contributed by atoms with van der Waals surface area (Å²) in [5.41, 5.74) is 7.13. The average Bonchev–Trinajstić information content (AvgIpc) is 3.42. The lowest BCUT2D eigenvalue weighted by molar-refractivity contribution is -0.115. The maximum atomic E-state index is 13.7. The van der Waals surface area contributed by atoms with Gasteiger partial charge in [-0.2, -0.15) is 0 Å². The molecule has 0 bridgehead atoms. The number of alkyl halides is 2. The predicted molar refractivity (Wildman–Crippen MR) is 87.3 cm³/mol. The number of nitrogens with two attached hydrogens (primary N) is 1. The van der Waals surface area contributed by atoms with Gasteiger partial charge >= 0.3 is 0 Å². The highest BCUT2D eigenvalue weighted by Crippen LogP contribution is 2.60. The quantitative estimate of drug-likeness (QED) is 0.901. The number of hydrogen-bond acceptors (Lipinski definition) is 3. The van der Waals surface area contributed by atoms with Gasteiger partial charge in [0.2, 0.25) is 5.91 Å². The van der Waals surface area contributed by atoms with E-state index in [0.717, 1.165) is 23.6 Å². The van der Waals surface area contributed by atoms with Crippen LogP contribution in [0.4, 0.5) is 14.5 Å². The number of anilines is 1. The molecule has 3 atom stereocenters. The zero-order valence-corrected chi connectivity index (χ0v) is 13.5. The molecule has 128 valence electrons. The fourth-order valence-electron chi connectivity index (χ4n) is 4.07. The maximum Gasteiger partial charge on any atom is 0.265 e. The van der Waals surface area contributed by atoms with Gasteiger partial charge in [0.25, 0.3) is 6.43 Å². The van der Waals surface area contributed by atoms with E-state index in [2.05, 4.69) is 0 Å². The van der Waals surface area contributed by atoms with Gasteiger partial charge in [0.05, 0.1) is 11.3 Å². The highest BCUT2D eigenvalue weighted by atomic mass is 19.3. The van der Waals surface area contributed by atoms with E-state index in [1.165, 1.54) is 24.1 Å². The van der Waals surface area contributed by atoms with Crippen LogP contribution in [0.2, 0.25) is 0 Å². The first-order chi connectivity index (χ1) is 11.5. The van der Waals surface area contributed by atoms with Crippen molar-refractivity contribution in [2.75, 3.05) is 12.1 Å². The van der Waals surface area contributed by atoms with Gasteiger partial charge in [-0.05, 0) is 48.6 Å². The molecule has 0 saturated heterocycles. The van der Waals surface area contributed by atoms with Crippen molar-refractivity contribution in [3.63, 3.8) is 0 Å². The van der Waals surface area contributed by atoms with Crippen LogP contribution in [-0.4, -0.2) is 30.4 Å². The van der Waals surface area contributed by atoms with Crippen LogP contribution >= 0.6 is 0 Å². The number of hydrogen-bond donors (Lipinski definition) is 1. The van der Waals surface area contributed by atoms with Crippen molar-refractivity contribution in [2.24, 2.45) is 17.6 Å². The molecule has 2 N–H and O–H groups in total. The number of amides is 1. The fraction of sp³-hybridized carbons (Fsp3) is 0.500. The summed E-state index contributed by atoms with van der Waals surface area (Å²) in [6.45, 7) is 0. The third-order valence-electron chi connectivity index (χ3n) is 5.42. The zero-order chi connectivity index (χ0) is 17.0. The lowest BCUT2D eigenvalue weighted by Crippen LogP contribution is -2.45. The number of primary amides is 1. The Morgan fingerprint density at radius 2 is 2.00 bits per heavy atom. The number of carbonyl (C=O) groups excluding carboxylic acids is 1. The van der Waals surface area contributed by atoms with Crippen LogP contribution in [0.15, 0.2) is 36.0 Å². The zero-order valence-electron chi connectivity index (χ0n) is 13.5. The molecule has 6 heteroatoms. The molecule has 2 fully saturated rings. The Bertz CT molecular complexity index is 701. The normalized spacial score (nSPS) is 29.2.